The van der Waals surface area contributed by atoms with Gasteiger partial charge in [0.05, 0.1) is 17.4 Å². The van der Waals surface area contributed by atoms with Gasteiger partial charge in [-0.2, -0.15) is 0 Å². The molecule has 0 bridgehead atoms. The van der Waals surface area contributed by atoms with Crippen LogP contribution in [0.3, 0.4) is 0 Å². The van der Waals surface area contributed by atoms with Gasteiger partial charge in [0.25, 0.3) is 11.8 Å². The number of nitrogens with zero attached hydrogens (tertiary/aromatic N) is 1. The van der Waals surface area contributed by atoms with Crippen molar-refractivity contribution in [1.29, 1.82) is 0 Å². The van der Waals surface area contributed by atoms with Crippen molar-refractivity contribution in [2.45, 2.75) is 20.0 Å². The summed E-state index contributed by atoms with van der Waals surface area (Å²) >= 11 is 1.40. The molecule has 2 aliphatic heterocycles. The molecule has 2 aromatic carbocycles. The molecule has 32 heavy (non-hydrogen) atoms. The van der Waals surface area contributed by atoms with Crippen molar-refractivity contribution in [3.8, 4) is 17.2 Å². The van der Waals surface area contributed by atoms with E-state index in [4.69, 9.17) is 14.2 Å². The number of fused-ring (bicyclic) bond motifs is 1. The van der Waals surface area contributed by atoms with Gasteiger partial charge in [0, 0.05) is 16.6 Å². The van der Waals surface area contributed by atoms with Crippen LogP contribution in [0.5, 0.6) is 17.2 Å². The Morgan fingerprint density at radius 3 is 2.59 bits per heavy atom. The van der Waals surface area contributed by atoms with Crippen LogP contribution in [0.15, 0.2) is 65.7 Å². The lowest BCUT2D eigenvalue weighted by Crippen LogP contribution is -2.33. The fourth-order valence-corrected chi connectivity index (χ4v) is 4.40. The van der Waals surface area contributed by atoms with Gasteiger partial charge in [-0.25, -0.2) is 4.90 Å². The van der Waals surface area contributed by atoms with Crippen LogP contribution in [0.1, 0.15) is 18.7 Å². The van der Waals surface area contributed by atoms with Crippen molar-refractivity contribution in [2.75, 3.05) is 17.0 Å². The first-order chi connectivity index (χ1) is 15.5. The summed E-state index contributed by atoms with van der Waals surface area (Å²) in [5.74, 6) is 0.839. The Labute approximate surface area is 188 Å². The third-order valence-corrected chi connectivity index (χ3v) is 5.85. The standard InChI is InChI=1S/C24H20N2O5S/c1-14(2)31-17-7-4-3-6-16(17)26-23(27)21(20-8-5-11-32-20)22(24(26)28)25-15-9-10-18-19(12-15)30-13-29-18/h3-12,14,25H,13H2,1-2H3. The Hall–Kier alpha value is -3.78. The molecule has 0 saturated heterocycles. The monoisotopic (exact) mass is 448 g/mol. The number of benzene rings is 2. The second kappa shape index (κ2) is 8.05. The third-order valence-electron chi connectivity index (χ3n) is 4.96. The van der Waals surface area contributed by atoms with Crippen LogP contribution >= 0.6 is 11.3 Å². The number of thiophene rings is 1. The number of amides is 2. The van der Waals surface area contributed by atoms with Crippen molar-refractivity contribution < 1.29 is 23.8 Å². The second-order valence-electron chi connectivity index (χ2n) is 7.50. The molecule has 8 heteroatoms. The molecule has 0 atom stereocenters. The Bertz CT molecular complexity index is 1230. The van der Waals surface area contributed by atoms with Crippen molar-refractivity contribution >= 4 is 40.1 Å². The van der Waals surface area contributed by atoms with Crippen LogP contribution in [-0.4, -0.2) is 24.7 Å². The fraction of sp³-hybridized carbons (Fsp3) is 0.167. The maximum atomic E-state index is 13.6. The van der Waals surface area contributed by atoms with Crippen molar-refractivity contribution in [3.63, 3.8) is 0 Å². The highest BCUT2D eigenvalue weighted by atomic mass is 32.1. The van der Waals surface area contributed by atoms with E-state index in [1.54, 1.807) is 36.4 Å². The molecule has 0 aliphatic carbocycles. The van der Waals surface area contributed by atoms with Gasteiger partial charge >= 0.3 is 0 Å². The quantitative estimate of drug-likeness (QED) is 0.553. The molecule has 0 unspecified atom stereocenters. The van der Waals surface area contributed by atoms with Crippen molar-refractivity contribution in [3.05, 3.63) is 70.6 Å². The zero-order chi connectivity index (χ0) is 22.2. The Morgan fingerprint density at radius 2 is 1.81 bits per heavy atom. The molecule has 3 heterocycles. The molecule has 5 rings (SSSR count). The van der Waals surface area contributed by atoms with E-state index >= 15 is 0 Å². The van der Waals surface area contributed by atoms with E-state index in [9.17, 15) is 9.59 Å². The number of carbonyl (C=O) groups excluding carboxylic acids is 2. The first kappa shape index (κ1) is 20.1. The average molecular weight is 449 g/mol. The summed E-state index contributed by atoms with van der Waals surface area (Å²) in [7, 11) is 0. The number of rotatable bonds is 6. The van der Waals surface area contributed by atoms with Gasteiger partial charge in [0.1, 0.15) is 11.4 Å². The minimum atomic E-state index is -0.448. The molecule has 0 radical (unpaired) electrons. The zero-order valence-electron chi connectivity index (χ0n) is 17.5. The SMILES string of the molecule is CC(C)Oc1ccccc1N1C(=O)C(Nc2ccc3c(c2)OCO3)=C(c2cccs2)C1=O. The molecular formula is C24H20N2O5S. The second-order valence-corrected chi connectivity index (χ2v) is 8.45. The van der Waals surface area contributed by atoms with Gasteiger partial charge in [0.15, 0.2) is 11.5 Å². The van der Waals surface area contributed by atoms with E-state index in [1.165, 1.54) is 16.2 Å². The number of hydrogen-bond acceptors (Lipinski definition) is 7. The van der Waals surface area contributed by atoms with Gasteiger partial charge in [0.2, 0.25) is 6.79 Å². The van der Waals surface area contributed by atoms with E-state index in [2.05, 4.69) is 5.32 Å². The number of carbonyl (C=O) groups is 2. The minimum absolute atomic E-state index is 0.111. The van der Waals surface area contributed by atoms with Crippen molar-refractivity contribution in [2.24, 2.45) is 0 Å². The van der Waals surface area contributed by atoms with Gasteiger partial charge in [-0.1, -0.05) is 18.2 Å². The molecule has 1 aromatic heterocycles. The fourth-order valence-electron chi connectivity index (χ4n) is 3.63. The van der Waals surface area contributed by atoms with Crippen molar-refractivity contribution in [1.82, 2.24) is 0 Å². The zero-order valence-corrected chi connectivity index (χ0v) is 18.3. The third kappa shape index (κ3) is 3.48. The van der Waals surface area contributed by atoms with Gasteiger partial charge in [-0.05, 0) is 49.6 Å². The van der Waals surface area contributed by atoms with E-state index in [0.29, 0.717) is 39.1 Å². The molecule has 162 valence electrons. The van der Waals surface area contributed by atoms with Crippen LogP contribution in [0, 0.1) is 0 Å². The lowest BCUT2D eigenvalue weighted by atomic mass is 10.1. The number of para-hydroxylation sites is 2. The molecule has 2 amide bonds. The summed E-state index contributed by atoms with van der Waals surface area (Å²) < 4.78 is 16.7. The highest BCUT2D eigenvalue weighted by Gasteiger charge is 2.42. The summed E-state index contributed by atoms with van der Waals surface area (Å²) in [5.41, 5.74) is 1.55. The molecule has 3 aromatic rings. The van der Waals surface area contributed by atoms with Crippen LogP contribution in [0.25, 0.3) is 5.57 Å². The van der Waals surface area contributed by atoms with Crippen LogP contribution in [0.2, 0.25) is 0 Å². The molecular weight excluding hydrogens is 428 g/mol. The van der Waals surface area contributed by atoms with Crippen LogP contribution in [0.4, 0.5) is 11.4 Å². The number of nitrogens with one attached hydrogen (secondary N) is 1. The molecule has 2 aliphatic rings. The Kier molecular flexibility index (Phi) is 5.07. The molecule has 0 saturated carbocycles. The summed E-state index contributed by atoms with van der Waals surface area (Å²) in [6.07, 6.45) is -0.111. The Morgan fingerprint density at radius 1 is 1.00 bits per heavy atom. The lowest BCUT2D eigenvalue weighted by molar-refractivity contribution is -0.120. The summed E-state index contributed by atoms with van der Waals surface area (Å²) in [5, 5.41) is 5.02. The molecule has 0 fully saturated rings. The number of hydrogen-bond donors (Lipinski definition) is 1. The predicted octanol–water partition coefficient (Wildman–Crippen LogP) is 4.66. The minimum Gasteiger partial charge on any atom is -0.489 e. The smallest absolute Gasteiger partial charge is 0.282 e. The molecule has 1 N–H and O–H groups in total. The van der Waals surface area contributed by atoms with Gasteiger partial charge < -0.3 is 19.5 Å². The summed E-state index contributed by atoms with van der Waals surface area (Å²) in [4.78, 5) is 29.0. The van der Waals surface area contributed by atoms with E-state index in [1.807, 2.05) is 37.4 Å². The maximum absolute atomic E-state index is 13.6. The molecule has 7 nitrogen and oxygen atoms in total. The Balaban J connectivity index is 1.57. The largest absolute Gasteiger partial charge is 0.489 e. The van der Waals surface area contributed by atoms with E-state index in [-0.39, 0.29) is 18.6 Å². The van der Waals surface area contributed by atoms with E-state index in [0.717, 1.165) is 0 Å². The first-order valence-corrected chi connectivity index (χ1v) is 11.0. The maximum Gasteiger partial charge on any atom is 0.282 e. The number of anilines is 2. The average Bonchev–Trinajstić information content (AvgIpc) is 3.49. The summed E-state index contributed by atoms with van der Waals surface area (Å²) in [6.45, 7) is 3.94. The summed E-state index contributed by atoms with van der Waals surface area (Å²) in [6, 6.07) is 16.0. The van der Waals surface area contributed by atoms with E-state index < -0.39 is 11.8 Å². The highest BCUT2D eigenvalue weighted by molar-refractivity contribution is 7.11. The number of imide groups is 1. The van der Waals surface area contributed by atoms with Gasteiger partial charge in [-0.3, -0.25) is 9.59 Å². The topological polar surface area (TPSA) is 77.1 Å². The predicted molar refractivity (Wildman–Crippen MR) is 122 cm³/mol. The number of ether oxygens (including phenoxy) is 3. The van der Waals surface area contributed by atoms with Gasteiger partial charge in [-0.15, -0.1) is 11.3 Å². The normalized spacial score (nSPS) is 15.2. The van der Waals surface area contributed by atoms with Crippen LogP contribution < -0.4 is 24.4 Å². The highest BCUT2D eigenvalue weighted by Crippen LogP contribution is 2.40. The first-order valence-electron chi connectivity index (χ1n) is 10.1. The molecule has 0 spiro atoms. The van der Waals surface area contributed by atoms with Crippen LogP contribution in [-0.2, 0) is 9.59 Å². The lowest BCUT2D eigenvalue weighted by Gasteiger charge is -2.20.